The van der Waals surface area contributed by atoms with Gasteiger partial charge in [-0.3, -0.25) is 0 Å². The Labute approximate surface area is 77.4 Å². The number of carboxylic acid groups (broad SMARTS) is 1. The molecule has 0 rings (SSSR count). The van der Waals surface area contributed by atoms with Crippen LogP contribution in [-0.2, 0) is 0 Å². The van der Waals surface area contributed by atoms with Crippen LogP contribution in [0.15, 0.2) is 0 Å². The van der Waals surface area contributed by atoms with E-state index in [2.05, 4.69) is 5.73 Å². The third-order valence-corrected chi connectivity index (χ3v) is 0. The van der Waals surface area contributed by atoms with Gasteiger partial charge in [0, 0.05) is 0 Å². The van der Waals surface area contributed by atoms with Crippen molar-refractivity contribution in [2.75, 3.05) is 0 Å². The monoisotopic (exact) mass is 118 g/mol. The van der Waals surface area contributed by atoms with Crippen LogP contribution in [0.4, 0.5) is 4.79 Å². The summed E-state index contributed by atoms with van der Waals surface area (Å²) in [6, 6.07) is 0. The third kappa shape index (κ3) is 96.9. The summed E-state index contributed by atoms with van der Waals surface area (Å²) in [5.74, 6) is 0. The molecule has 0 aromatic carbocycles. The van der Waals surface area contributed by atoms with E-state index in [0.717, 1.165) is 0 Å². The van der Waals surface area contributed by atoms with Gasteiger partial charge in [-0.15, -0.1) is 0 Å². The molecule has 0 heterocycles. The zero-order valence-electron chi connectivity index (χ0n) is 3.43. The predicted octanol–water partition coefficient (Wildman–Crippen LogP) is -4.20. The van der Waals surface area contributed by atoms with Crippen molar-refractivity contribution in [3.63, 3.8) is 0 Å². The summed E-state index contributed by atoms with van der Waals surface area (Å²) in [6.07, 6.45) is -1.33. The van der Waals surface area contributed by atoms with Crippen LogP contribution in [0.2, 0.25) is 0 Å². The molecule has 0 spiro atoms. The topological polar surface area (TPSA) is 94.8 Å². The molecule has 5 heteroatoms. The summed E-state index contributed by atoms with van der Waals surface area (Å²) in [6.45, 7) is 0. The number of hydrogen-bond donors (Lipinski definition) is 2. The number of hydrogen-bond acceptors (Lipinski definition) is 1. The summed E-state index contributed by atoms with van der Waals surface area (Å²) in [5.41, 5.74) is 4.03. The fourth-order valence-electron chi connectivity index (χ4n) is 0. The summed E-state index contributed by atoms with van der Waals surface area (Å²) >= 11 is 0. The molecular formula is CH5KNO3+. The minimum atomic E-state index is -1.33. The Kier molecular flexibility index (Phi) is 24.5. The van der Waals surface area contributed by atoms with Crippen molar-refractivity contribution in [2.24, 2.45) is 5.73 Å². The van der Waals surface area contributed by atoms with Crippen molar-refractivity contribution >= 4 is 6.09 Å². The van der Waals surface area contributed by atoms with E-state index in [4.69, 9.17) is 9.90 Å². The molecule has 6 heavy (non-hydrogen) atoms. The van der Waals surface area contributed by atoms with Crippen molar-refractivity contribution in [1.29, 1.82) is 0 Å². The van der Waals surface area contributed by atoms with Gasteiger partial charge in [-0.2, -0.15) is 0 Å². The molecule has 0 unspecified atom stereocenters. The molecule has 0 aliphatic rings. The molecule has 0 atom stereocenters. The standard InChI is InChI=1S/CH3NO2.K.H2O/c2-1(3)4;;/h2H2,(H,3,4);;1H2/q;+1;. The number of primary amides is 1. The first-order chi connectivity index (χ1) is 1.73. The van der Waals surface area contributed by atoms with Gasteiger partial charge in [0.05, 0.1) is 0 Å². The van der Waals surface area contributed by atoms with E-state index in [1.165, 1.54) is 0 Å². The summed E-state index contributed by atoms with van der Waals surface area (Å²) in [4.78, 5) is 8.78. The Bertz CT molecular complexity index is 33.8. The van der Waals surface area contributed by atoms with E-state index in [1.807, 2.05) is 0 Å². The van der Waals surface area contributed by atoms with Crippen molar-refractivity contribution in [1.82, 2.24) is 0 Å². The van der Waals surface area contributed by atoms with Crippen LogP contribution in [0.3, 0.4) is 0 Å². The van der Waals surface area contributed by atoms with Crippen molar-refractivity contribution in [3.8, 4) is 0 Å². The van der Waals surface area contributed by atoms with E-state index < -0.39 is 6.09 Å². The molecule has 0 bridgehead atoms. The number of rotatable bonds is 0. The van der Waals surface area contributed by atoms with Gasteiger partial charge in [-0.1, -0.05) is 0 Å². The molecule has 0 saturated carbocycles. The minimum absolute atomic E-state index is 0. The molecule has 0 aliphatic carbocycles. The van der Waals surface area contributed by atoms with E-state index in [1.54, 1.807) is 0 Å². The van der Waals surface area contributed by atoms with Crippen molar-refractivity contribution in [2.45, 2.75) is 0 Å². The summed E-state index contributed by atoms with van der Waals surface area (Å²) < 4.78 is 0. The van der Waals surface area contributed by atoms with Crippen LogP contribution in [0.1, 0.15) is 0 Å². The first kappa shape index (κ1) is 15.8. The zero-order chi connectivity index (χ0) is 3.58. The maximum absolute atomic E-state index is 8.78. The Morgan fingerprint density at radius 1 is 1.67 bits per heavy atom. The van der Waals surface area contributed by atoms with Crippen LogP contribution >= 0.6 is 0 Å². The van der Waals surface area contributed by atoms with Crippen molar-refractivity contribution in [3.05, 3.63) is 0 Å². The average Bonchev–Trinajstić information content (AvgIpc) is 0.811. The van der Waals surface area contributed by atoms with Gasteiger partial charge >= 0.3 is 57.5 Å². The first-order valence-electron chi connectivity index (χ1n) is 0.716. The Morgan fingerprint density at radius 2 is 1.67 bits per heavy atom. The molecule has 4 nitrogen and oxygen atoms in total. The number of nitrogens with two attached hydrogens (primary N) is 1. The van der Waals surface area contributed by atoms with E-state index in [9.17, 15) is 0 Å². The van der Waals surface area contributed by atoms with Crippen LogP contribution in [0, 0.1) is 0 Å². The van der Waals surface area contributed by atoms with Gasteiger partial charge in [0.2, 0.25) is 0 Å². The quantitative estimate of drug-likeness (QED) is 0.315. The molecule has 0 saturated heterocycles. The molecule has 5 N–H and O–H groups in total. The Morgan fingerprint density at radius 3 is 1.67 bits per heavy atom. The van der Waals surface area contributed by atoms with Crippen LogP contribution < -0.4 is 57.1 Å². The second-order valence-corrected chi connectivity index (χ2v) is 0.338. The molecule has 32 valence electrons. The molecule has 0 fully saturated rings. The molecule has 0 radical (unpaired) electrons. The zero-order valence-corrected chi connectivity index (χ0v) is 6.56. The molecule has 0 aromatic rings. The van der Waals surface area contributed by atoms with Gasteiger partial charge in [-0.05, 0) is 0 Å². The van der Waals surface area contributed by atoms with Gasteiger partial charge in [-0.25, -0.2) is 4.79 Å². The van der Waals surface area contributed by atoms with Crippen LogP contribution in [0.5, 0.6) is 0 Å². The maximum Gasteiger partial charge on any atom is 1.00 e. The second-order valence-electron chi connectivity index (χ2n) is 0.338. The van der Waals surface area contributed by atoms with E-state index >= 15 is 0 Å². The van der Waals surface area contributed by atoms with Gasteiger partial charge in [0.15, 0.2) is 0 Å². The largest absolute Gasteiger partial charge is 1.00 e. The molecule has 0 aromatic heterocycles. The predicted molar refractivity (Wildman–Crippen MR) is 15.8 cm³/mol. The normalized spacial score (nSPS) is 4.00. The smallest absolute Gasteiger partial charge is 0.465 e. The van der Waals surface area contributed by atoms with Crippen LogP contribution in [0.25, 0.3) is 0 Å². The Hall–Kier alpha value is 0.866. The first-order valence-corrected chi connectivity index (χ1v) is 0.716. The van der Waals surface area contributed by atoms with Crippen molar-refractivity contribution < 1.29 is 66.8 Å². The van der Waals surface area contributed by atoms with E-state index in [-0.39, 0.29) is 56.9 Å². The van der Waals surface area contributed by atoms with E-state index in [0.29, 0.717) is 0 Å². The fraction of sp³-hybridized carbons (Fsp3) is 0. The number of amides is 1. The Balaban J connectivity index is -0.0000000450. The summed E-state index contributed by atoms with van der Waals surface area (Å²) in [5, 5.41) is 7.19. The van der Waals surface area contributed by atoms with Gasteiger partial charge in [0.25, 0.3) is 0 Å². The second kappa shape index (κ2) is 9.29. The molecule has 1 amide bonds. The molecular weight excluding hydrogens is 113 g/mol. The third-order valence-electron chi connectivity index (χ3n) is 0. The molecule has 0 aliphatic heterocycles. The van der Waals surface area contributed by atoms with Gasteiger partial charge < -0.3 is 16.3 Å². The maximum atomic E-state index is 8.78. The SMILES string of the molecule is NC(=O)O.O.[K+]. The fourth-order valence-corrected chi connectivity index (χ4v) is 0. The summed E-state index contributed by atoms with van der Waals surface area (Å²) in [7, 11) is 0. The van der Waals surface area contributed by atoms with Crippen LogP contribution in [-0.4, -0.2) is 16.7 Å². The van der Waals surface area contributed by atoms with Gasteiger partial charge in [0.1, 0.15) is 0 Å². The minimum Gasteiger partial charge on any atom is -0.465 e. The number of carbonyl (C=O) groups is 1. The average molecular weight is 118 g/mol.